The number of nitrogens with two attached hydrogens (primary N) is 1. The van der Waals surface area contributed by atoms with Gasteiger partial charge in [0, 0.05) is 22.7 Å². The van der Waals surface area contributed by atoms with Crippen LogP contribution >= 0.6 is 11.6 Å². The molecule has 0 saturated carbocycles. The summed E-state index contributed by atoms with van der Waals surface area (Å²) in [5, 5.41) is 1.06. The molecular formula is C20H13ClFN3. The van der Waals surface area contributed by atoms with Gasteiger partial charge < -0.3 is 5.73 Å². The summed E-state index contributed by atoms with van der Waals surface area (Å²) in [7, 11) is 0. The third-order valence-corrected chi connectivity index (χ3v) is 4.31. The molecule has 0 aliphatic carbocycles. The normalized spacial score (nSPS) is 11.0. The van der Waals surface area contributed by atoms with E-state index in [1.807, 2.05) is 36.4 Å². The van der Waals surface area contributed by atoms with Crippen molar-refractivity contribution in [2.24, 2.45) is 0 Å². The Balaban J connectivity index is 1.89. The Morgan fingerprint density at radius 1 is 0.920 bits per heavy atom. The summed E-state index contributed by atoms with van der Waals surface area (Å²) in [6, 6.07) is 18.1. The molecule has 2 aromatic carbocycles. The molecule has 0 aliphatic rings. The molecule has 4 rings (SSSR count). The van der Waals surface area contributed by atoms with Crippen molar-refractivity contribution in [1.82, 2.24) is 9.97 Å². The zero-order chi connectivity index (χ0) is 17.4. The Bertz CT molecular complexity index is 1100. The van der Waals surface area contributed by atoms with Gasteiger partial charge in [-0.15, -0.1) is 0 Å². The van der Waals surface area contributed by atoms with Crippen molar-refractivity contribution in [1.29, 1.82) is 0 Å². The van der Waals surface area contributed by atoms with E-state index in [0.29, 0.717) is 5.82 Å². The fourth-order valence-electron chi connectivity index (χ4n) is 2.82. The number of nitrogens with zero attached hydrogens (tertiary/aromatic N) is 2. The van der Waals surface area contributed by atoms with Crippen LogP contribution in [0.1, 0.15) is 0 Å². The van der Waals surface area contributed by atoms with Gasteiger partial charge in [-0.3, -0.25) is 4.98 Å². The number of aromatic nitrogens is 2. The molecule has 0 radical (unpaired) electrons. The van der Waals surface area contributed by atoms with E-state index in [1.54, 1.807) is 24.4 Å². The van der Waals surface area contributed by atoms with Crippen molar-refractivity contribution in [3.8, 4) is 22.4 Å². The second-order valence-electron chi connectivity index (χ2n) is 5.67. The Morgan fingerprint density at radius 2 is 1.76 bits per heavy atom. The topological polar surface area (TPSA) is 51.8 Å². The predicted octanol–water partition coefficient (Wildman–Crippen LogP) is 5.34. The maximum absolute atomic E-state index is 13.5. The van der Waals surface area contributed by atoms with Gasteiger partial charge in [-0.25, -0.2) is 9.37 Å². The maximum atomic E-state index is 13.5. The number of rotatable bonds is 2. The molecule has 0 unspecified atom stereocenters. The predicted molar refractivity (Wildman–Crippen MR) is 99.8 cm³/mol. The molecule has 0 atom stereocenters. The Kier molecular flexibility index (Phi) is 3.82. The lowest BCUT2D eigenvalue weighted by Crippen LogP contribution is -1.92. The molecule has 3 nitrogen and oxygen atoms in total. The van der Waals surface area contributed by atoms with Gasteiger partial charge in [0.15, 0.2) is 0 Å². The minimum Gasteiger partial charge on any atom is -0.384 e. The Morgan fingerprint density at radius 3 is 2.60 bits per heavy atom. The Hall–Kier alpha value is -2.98. The first-order valence-electron chi connectivity index (χ1n) is 7.69. The third kappa shape index (κ3) is 2.92. The molecule has 0 fully saturated rings. The zero-order valence-electron chi connectivity index (χ0n) is 13.1. The number of anilines is 1. The minimum atomic E-state index is -0.447. The van der Waals surface area contributed by atoms with Crippen LogP contribution in [0.2, 0.25) is 5.02 Å². The average Bonchev–Trinajstić information content (AvgIpc) is 2.63. The monoisotopic (exact) mass is 349 g/mol. The summed E-state index contributed by atoms with van der Waals surface area (Å²) in [4.78, 5) is 8.79. The van der Waals surface area contributed by atoms with E-state index >= 15 is 0 Å². The van der Waals surface area contributed by atoms with Gasteiger partial charge in [0.05, 0.1) is 16.2 Å². The van der Waals surface area contributed by atoms with Gasteiger partial charge in [0.25, 0.3) is 0 Å². The van der Waals surface area contributed by atoms with Gasteiger partial charge >= 0.3 is 0 Å². The summed E-state index contributed by atoms with van der Waals surface area (Å²) >= 11 is 5.93. The van der Waals surface area contributed by atoms with Crippen molar-refractivity contribution < 1.29 is 4.39 Å². The Labute approximate surface area is 148 Å². The second kappa shape index (κ2) is 6.15. The van der Waals surface area contributed by atoms with E-state index in [9.17, 15) is 4.39 Å². The molecule has 2 aromatic heterocycles. The lowest BCUT2D eigenvalue weighted by atomic mass is 9.98. The molecule has 5 heteroatoms. The van der Waals surface area contributed by atoms with Crippen LogP contribution in [-0.4, -0.2) is 9.97 Å². The van der Waals surface area contributed by atoms with E-state index < -0.39 is 5.82 Å². The summed E-state index contributed by atoms with van der Waals surface area (Å²) in [6.45, 7) is 0. The van der Waals surface area contributed by atoms with Crippen LogP contribution in [0.4, 0.5) is 10.2 Å². The highest BCUT2D eigenvalue weighted by atomic mass is 35.5. The average molecular weight is 350 g/mol. The van der Waals surface area contributed by atoms with Crippen LogP contribution in [-0.2, 0) is 0 Å². The highest BCUT2D eigenvalue weighted by Gasteiger charge is 2.11. The number of fused-ring (bicyclic) bond motifs is 1. The number of benzene rings is 2. The lowest BCUT2D eigenvalue weighted by Gasteiger charge is -2.10. The molecule has 4 aromatic rings. The van der Waals surface area contributed by atoms with Crippen LogP contribution < -0.4 is 5.73 Å². The standard InChI is InChI=1S/C20H13ClFN3/c21-16-11-14(3-6-17(16)22)20-15(2-1-9-24-20)12-4-7-18-13(10-12)5-8-19(23)25-18/h1-11H,(H2,23,25). The number of pyridine rings is 2. The maximum Gasteiger partial charge on any atom is 0.141 e. The zero-order valence-corrected chi connectivity index (χ0v) is 13.8. The van der Waals surface area contributed by atoms with Crippen molar-refractivity contribution >= 4 is 28.3 Å². The minimum absolute atomic E-state index is 0.0762. The first-order valence-corrected chi connectivity index (χ1v) is 8.07. The number of halogens is 2. The molecule has 0 aliphatic heterocycles. The fourth-order valence-corrected chi connectivity index (χ4v) is 3.00. The molecular weight excluding hydrogens is 337 g/mol. The molecule has 2 N–H and O–H groups in total. The molecule has 0 amide bonds. The van der Waals surface area contributed by atoms with Crippen LogP contribution in [0.15, 0.2) is 66.9 Å². The number of nitrogen functional groups attached to an aromatic ring is 1. The van der Waals surface area contributed by atoms with Gasteiger partial charge in [0.1, 0.15) is 11.6 Å². The summed E-state index contributed by atoms with van der Waals surface area (Å²) in [5.74, 6) is 0.0422. The number of hydrogen-bond acceptors (Lipinski definition) is 3. The third-order valence-electron chi connectivity index (χ3n) is 4.02. The summed E-state index contributed by atoms with van der Waals surface area (Å²) in [5.41, 5.74) is 9.99. The number of hydrogen-bond donors (Lipinski definition) is 1. The first kappa shape index (κ1) is 15.5. The van der Waals surface area contributed by atoms with Crippen molar-refractivity contribution in [3.63, 3.8) is 0 Å². The van der Waals surface area contributed by atoms with Crippen LogP contribution in [0.3, 0.4) is 0 Å². The lowest BCUT2D eigenvalue weighted by molar-refractivity contribution is 0.628. The van der Waals surface area contributed by atoms with Gasteiger partial charge in [0.2, 0.25) is 0 Å². The van der Waals surface area contributed by atoms with Gasteiger partial charge in [-0.2, -0.15) is 0 Å². The largest absolute Gasteiger partial charge is 0.384 e. The smallest absolute Gasteiger partial charge is 0.141 e. The van der Waals surface area contributed by atoms with Crippen molar-refractivity contribution in [2.75, 3.05) is 5.73 Å². The second-order valence-corrected chi connectivity index (χ2v) is 6.08. The van der Waals surface area contributed by atoms with E-state index in [4.69, 9.17) is 17.3 Å². The van der Waals surface area contributed by atoms with Crippen molar-refractivity contribution in [2.45, 2.75) is 0 Å². The van der Waals surface area contributed by atoms with E-state index in [1.165, 1.54) is 6.07 Å². The first-order chi connectivity index (χ1) is 12.1. The summed E-state index contributed by atoms with van der Waals surface area (Å²) in [6.07, 6.45) is 1.71. The molecule has 0 saturated heterocycles. The summed E-state index contributed by atoms with van der Waals surface area (Å²) < 4.78 is 13.5. The molecule has 2 heterocycles. The highest BCUT2D eigenvalue weighted by Crippen LogP contribution is 2.33. The highest BCUT2D eigenvalue weighted by molar-refractivity contribution is 6.31. The quantitative estimate of drug-likeness (QED) is 0.531. The van der Waals surface area contributed by atoms with Gasteiger partial charge in [-0.1, -0.05) is 23.7 Å². The van der Waals surface area contributed by atoms with Crippen molar-refractivity contribution in [3.05, 3.63) is 77.7 Å². The molecule has 25 heavy (non-hydrogen) atoms. The SMILES string of the molecule is Nc1ccc2cc(-c3cccnc3-c3ccc(F)c(Cl)c3)ccc2n1. The fraction of sp³-hybridized carbons (Fsp3) is 0. The van der Waals surface area contributed by atoms with E-state index in [0.717, 1.165) is 33.3 Å². The van der Waals surface area contributed by atoms with Crippen LogP contribution in [0.25, 0.3) is 33.3 Å². The van der Waals surface area contributed by atoms with Crippen LogP contribution in [0.5, 0.6) is 0 Å². The molecule has 0 spiro atoms. The molecule has 122 valence electrons. The van der Waals surface area contributed by atoms with Crippen LogP contribution in [0, 0.1) is 5.82 Å². The van der Waals surface area contributed by atoms with E-state index in [-0.39, 0.29) is 5.02 Å². The molecule has 0 bridgehead atoms. The van der Waals surface area contributed by atoms with E-state index in [2.05, 4.69) is 9.97 Å². The van der Waals surface area contributed by atoms with Gasteiger partial charge in [-0.05, 0) is 54.1 Å².